The van der Waals surface area contributed by atoms with Crippen LogP contribution in [0.3, 0.4) is 0 Å². The first-order valence-corrected chi connectivity index (χ1v) is 14.3. The second-order valence-corrected chi connectivity index (χ2v) is 10.7. The quantitative estimate of drug-likeness (QED) is 0.379. The maximum absolute atomic E-state index is 13.6. The fraction of sp³-hybridized carbons (Fsp3) is 0.548. The van der Waals surface area contributed by atoms with Gasteiger partial charge in [-0.25, -0.2) is 0 Å². The molecular weight excluding hydrogens is 494 g/mol. The Balaban J connectivity index is 1.61. The number of unbranched alkanes of at least 4 members (excludes halogenated alkanes) is 1. The number of nitrogens with zero attached hydrogens (tertiary/aromatic N) is 2. The SMILES string of the molecule is CCCCN(CCCN)C(=O)CN1CC(c2ccc3c(c2)CCO3)C(C(=O)O)C1CCc1ccccc1OC. The number of fused-ring (bicyclic) bond motifs is 1. The number of carboxylic acid groups (broad SMARTS) is 1. The molecule has 0 aliphatic carbocycles. The number of amides is 1. The van der Waals surface area contributed by atoms with Gasteiger partial charge in [0.05, 0.1) is 26.2 Å². The number of para-hydroxylation sites is 1. The third-order valence-corrected chi connectivity index (χ3v) is 8.18. The lowest BCUT2D eigenvalue weighted by Crippen LogP contribution is -2.45. The Kier molecular flexibility index (Phi) is 10.2. The highest BCUT2D eigenvalue weighted by Gasteiger charge is 2.47. The normalized spacial score (nSPS) is 20.4. The Morgan fingerprint density at radius 1 is 1.18 bits per heavy atom. The van der Waals surface area contributed by atoms with E-state index in [0.717, 1.165) is 53.9 Å². The zero-order chi connectivity index (χ0) is 27.8. The maximum Gasteiger partial charge on any atom is 0.308 e. The molecule has 1 saturated heterocycles. The van der Waals surface area contributed by atoms with Crippen molar-refractivity contribution >= 4 is 11.9 Å². The molecule has 3 N–H and O–H groups in total. The zero-order valence-corrected chi connectivity index (χ0v) is 23.3. The van der Waals surface area contributed by atoms with Crippen LogP contribution in [0.15, 0.2) is 42.5 Å². The summed E-state index contributed by atoms with van der Waals surface area (Å²) < 4.78 is 11.2. The third kappa shape index (κ3) is 6.92. The third-order valence-electron chi connectivity index (χ3n) is 8.18. The summed E-state index contributed by atoms with van der Waals surface area (Å²) in [6.07, 6.45) is 4.81. The van der Waals surface area contributed by atoms with Gasteiger partial charge < -0.3 is 25.2 Å². The van der Waals surface area contributed by atoms with Crippen LogP contribution < -0.4 is 15.2 Å². The number of aliphatic carboxylic acids is 1. The lowest BCUT2D eigenvalue weighted by atomic mass is 9.83. The monoisotopic (exact) mass is 537 g/mol. The van der Waals surface area contributed by atoms with Gasteiger partial charge in [0.2, 0.25) is 5.91 Å². The number of hydrogen-bond donors (Lipinski definition) is 2. The Bertz CT molecular complexity index is 1120. The van der Waals surface area contributed by atoms with E-state index in [-0.39, 0.29) is 24.4 Å². The largest absolute Gasteiger partial charge is 0.496 e. The maximum atomic E-state index is 13.6. The molecule has 2 aliphatic rings. The molecule has 2 aromatic rings. The molecule has 0 bridgehead atoms. The summed E-state index contributed by atoms with van der Waals surface area (Å²) in [6.45, 7) is 5.37. The first-order chi connectivity index (χ1) is 19.0. The number of methoxy groups -OCH3 is 1. The zero-order valence-electron chi connectivity index (χ0n) is 23.3. The molecule has 8 nitrogen and oxygen atoms in total. The second kappa shape index (κ2) is 13.8. The van der Waals surface area contributed by atoms with Gasteiger partial charge in [-0.2, -0.15) is 0 Å². The summed E-state index contributed by atoms with van der Waals surface area (Å²) >= 11 is 0. The lowest BCUT2D eigenvalue weighted by molar-refractivity contribution is -0.143. The summed E-state index contributed by atoms with van der Waals surface area (Å²) in [5.41, 5.74) is 8.93. The van der Waals surface area contributed by atoms with Crippen LogP contribution in [-0.4, -0.2) is 79.3 Å². The minimum atomic E-state index is -0.817. The fourth-order valence-electron chi connectivity index (χ4n) is 6.11. The molecule has 2 aromatic carbocycles. The van der Waals surface area contributed by atoms with Crippen LogP contribution in [0.25, 0.3) is 0 Å². The number of carboxylic acids is 1. The highest BCUT2D eigenvalue weighted by molar-refractivity contribution is 5.79. The van der Waals surface area contributed by atoms with E-state index in [2.05, 4.69) is 17.9 Å². The molecule has 4 rings (SSSR count). The average molecular weight is 538 g/mol. The summed E-state index contributed by atoms with van der Waals surface area (Å²) in [7, 11) is 1.65. The Labute approximate surface area is 232 Å². The lowest BCUT2D eigenvalue weighted by Gasteiger charge is -2.30. The van der Waals surface area contributed by atoms with Crippen molar-refractivity contribution < 1.29 is 24.2 Å². The van der Waals surface area contributed by atoms with Gasteiger partial charge in [0.15, 0.2) is 0 Å². The number of rotatable bonds is 14. The number of benzene rings is 2. The Morgan fingerprint density at radius 2 is 1.97 bits per heavy atom. The van der Waals surface area contributed by atoms with Gasteiger partial charge in [0.25, 0.3) is 0 Å². The van der Waals surface area contributed by atoms with Crippen LogP contribution in [0.1, 0.15) is 55.2 Å². The van der Waals surface area contributed by atoms with Crippen LogP contribution in [-0.2, 0) is 22.4 Å². The van der Waals surface area contributed by atoms with Crippen LogP contribution >= 0.6 is 0 Å². The first-order valence-electron chi connectivity index (χ1n) is 14.3. The topological polar surface area (TPSA) is 105 Å². The second-order valence-electron chi connectivity index (χ2n) is 10.7. The number of likely N-dealkylation sites (tertiary alicyclic amines) is 1. The standard InChI is InChI=1S/C31H43N3O5/c1-3-4-16-33(17-7-15-32)29(35)21-34-20-25(23-11-13-28-24(19-23)14-18-39-28)30(31(36)37)26(34)12-10-22-8-5-6-9-27(22)38-2/h5-6,8-9,11,13,19,25-26,30H,3-4,7,10,12,14-18,20-21,32H2,1-2H3,(H,36,37). The van der Waals surface area contributed by atoms with Crippen molar-refractivity contribution in [2.45, 2.75) is 57.4 Å². The fourth-order valence-corrected chi connectivity index (χ4v) is 6.11. The average Bonchev–Trinajstić information content (AvgIpc) is 3.56. The molecule has 39 heavy (non-hydrogen) atoms. The summed E-state index contributed by atoms with van der Waals surface area (Å²) in [6, 6.07) is 13.7. The number of hydrogen-bond acceptors (Lipinski definition) is 6. The van der Waals surface area contributed by atoms with Gasteiger partial charge in [-0.05, 0) is 61.1 Å². The van der Waals surface area contributed by atoms with E-state index in [4.69, 9.17) is 15.2 Å². The van der Waals surface area contributed by atoms with E-state index in [0.29, 0.717) is 45.6 Å². The summed E-state index contributed by atoms with van der Waals surface area (Å²) in [5.74, 6) is 0.0783. The van der Waals surface area contributed by atoms with E-state index < -0.39 is 11.9 Å². The minimum Gasteiger partial charge on any atom is -0.496 e. The molecule has 1 amide bonds. The molecule has 3 atom stereocenters. The summed E-state index contributed by atoms with van der Waals surface area (Å²) in [4.78, 5) is 30.4. The van der Waals surface area contributed by atoms with Gasteiger partial charge in [0, 0.05) is 38.0 Å². The number of carbonyl (C=O) groups is 2. The van der Waals surface area contributed by atoms with E-state index in [1.54, 1.807) is 7.11 Å². The Morgan fingerprint density at radius 3 is 2.72 bits per heavy atom. The molecule has 3 unspecified atom stereocenters. The van der Waals surface area contributed by atoms with Crippen LogP contribution in [0.5, 0.6) is 11.5 Å². The highest BCUT2D eigenvalue weighted by atomic mass is 16.5. The molecule has 8 heteroatoms. The van der Waals surface area contributed by atoms with Gasteiger partial charge in [-0.15, -0.1) is 0 Å². The van der Waals surface area contributed by atoms with Crippen molar-refractivity contribution in [2.75, 3.05) is 46.4 Å². The van der Waals surface area contributed by atoms with Gasteiger partial charge in [0.1, 0.15) is 11.5 Å². The molecule has 212 valence electrons. The highest BCUT2D eigenvalue weighted by Crippen LogP contribution is 2.41. The minimum absolute atomic E-state index is 0.0475. The number of nitrogens with two attached hydrogens (primary N) is 1. The molecule has 2 heterocycles. The van der Waals surface area contributed by atoms with Gasteiger partial charge in [-0.1, -0.05) is 43.7 Å². The van der Waals surface area contributed by atoms with E-state index >= 15 is 0 Å². The molecule has 1 fully saturated rings. The van der Waals surface area contributed by atoms with Crippen LogP contribution in [0.4, 0.5) is 0 Å². The van der Waals surface area contributed by atoms with Crippen molar-refractivity contribution in [1.82, 2.24) is 9.80 Å². The van der Waals surface area contributed by atoms with Gasteiger partial charge in [-0.3, -0.25) is 14.5 Å². The van der Waals surface area contributed by atoms with Crippen molar-refractivity contribution in [3.8, 4) is 11.5 Å². The molecule has 0 saturated carbocycles. The number of carbonyl (C=O) groups excluding carboxylic acids is 1. The van der Waals surface area contributed by atoms with Crippen molar-refractivity contribution in [3.05, 3.63) is 59.2 Å². The number of aryl methyl sites for hydroxylation is 1. The predicted octanol–water partition coefficient (Wildman–Crippen LogP) is 3.71. The molecule has 0 aromatic heterocycles. The van der Waals surface area contributed by atoms with Crippen molar-refractivity contribution in [1.29, 1.82) is 0 Å². The molecule has 0 spiro atoms. The van der Waals surface area contributed by atoms with E-state index in [1.165, 1.54) is 0 Å². The van der Waals surface area contributed by atoms with Crippen LogP contribution in [0.2, 0.25) is 0 Å². The summed E-state index contributed by atoms with van der Waals surface area (Å²) in [5, 5.41) is 10.5. The molecular formula is C31H43N3O5. The van der Waals surface area contributed by atoms with Crippen molar-refractivity contribution in [2.24, 2.45) is 11.7 Å². The predicted molar refractivity (Wildman–Crippen MR) is 151 cm³/mol. The number of ether oxygens (including phenoxy) is 2. The molecule has 0 radical (unpaired) electrons. The van der Waals surface area contributed by atoms with E-state index in [9.17, 15) is 14.7 Å². The van der Waals surface area contributed by atoms with Crippen molar-refractivity contribution in [3.63, 3.8) is 0 Å². The Hall–Kier alpha value is -3.10. The van der Waals surface area contributed by atoms with Crippen LogP contribution in [0, 0.1) is 5.92 Å². The first kappa shape index (κ1) is 28.9. The van der Waals surface area contributed by atoms with Gasteiger partial charge >= 0.3 is 5.97 Å². The smallest absolute Gasteiger partial charge is 0.308 e. The molecule has 2 aliphatic heterocycles. The van der Waals surface area contributed by atoms with E-state index in [1.807, 2.05) is 41.3 Å².